The molecule has 0 bridgehead atoms. The van der Waals surface area contributed by atoms with Crippen molar-refractivity contribution in [2.45, 2.75) is 51.0 Å². The van der Waals surface area contributed by atoms with E-state index in [-0.39, 0.29) is 18.5 Å². The summed E-state index contributed by atoms with van der Waals surface area (Å²) in [7, 11) is 0. The van der Waals surface area contributed by atoms with Crippen LogP contribution in [0.3, 0.4) is 0 Å². The van der Waals surface area contributed by atoms with Crippen molar-refractivity contribution in [1.29, 1.82) is 0 Å². The summed E-state index contributed by atoms with van der Waals surface area (Å²) in [5, 5.41) is 9.57. The number of nitrogens with two attached hydrogens (primary N) is 1. The molecular formula is C10H21ClNO-. The molecule has 3 heteroatoms. The summed E-state index contributed by atoms with van der Waals surface area (Å²) in [5.41, 5.74) is 5.44. The predicted molar refractivity (Wildman–Crippen MR) is 50.9 cm³/mol. The quantitative estimate of drug-likeness (QED) is 0.589. The van der Waals surface area contributed by atoms with Gasteiger partial charge in [-0.1, -0.05) is 32.1 Å². The van der Waals surface area contributed by atoms with Crippen molar-refractivity contribution in [1.82, 2.24) is 0 Å². The highest BCUT2D eigenvalue weighted by molar-refractivity contribution is 4.71. The highest BCUT2D eigenvalue weighted by atomic mass is 35.5. The Hall–Kier alpha value is 0.210. The van der Waals surface area contributed by atoms with Crippen LogP contribution in [0.4, 0.5) is 0 Å². The average Bonchev–Trinajstić information content (AvgIpc) is 2.02. The van der Waals surface area contributed by atoms with Gasteiger partial charge in [0.15, 0.2) is 0 Å². The van der Waals surface area contributed by atoms with Crippen molar-refractivity contribution in [3.8, 4) is 0 Å². The third-order valence-electron chi connectivity index (χ3n) is 2.94. The minimum atomic E-state index is -0.247. The van der Waals surface area contributed by atoms with Gasteiger partial charge in [-0.2, -0.15) is 0 Å². The van der Waals surface area contributed by atoms with Crippen LogP contribution >= 0.6 is 0 Å². The Bertz CT molecular complexity index is 113. The van der Waals surface area contributed by atoms with E-state index < -0.39 is 0 Å². The zero-order valence-corrected chi connectivity index (χ0v) is 8.97. The van der Waals surface area contributed by atoms with Crippen LogP contribution in [-0.4, -0.2) is 17.8 Å². The van der Waals surface area contributed by atoms with Gasteiger partial charge in [0.25, 0.3) is 0 Å². The van der Waals surface area contributed by atoms with Gasteiger partial charge in [0.1, 0.15) is 0 Å². The fourth-order valence-corrected chi connectivity index (χ4v) is 2.06. The highest BCUT2D eigenvalue weighted by Gasteiger charge is 2.18. The van der Waals surface area contributed by atoms with Crippen molar-refractivity contribution >= 4 is 0 Å². The maximum Gasteiger partial charge on any atom is 0.0690 e. The third kappa shape index (κ3) is 4.84. The van der Waals surface area contributed by atoms with Gasteiger partial charge in [0.05, 0.1) is 6.10 Å². The number of aliphatic hydroxyl groups excluding tert-OH is 1. The summed E-state index contributed by atoms with van der Waals surface area (Å²) in [6.45, 7) is 0.435. The SMILES string of the molecule is NCC(O)C1CCCCCCC1.[Cl-]. The first kappa shape index (κ1) is 13.2. The van der Waals surface area contributed by atoms with Crippen LogP contribution in [-0.2, 0) is 0 Å². The van der Waals surface area contributed by atoms with Gasteiger partial charge in [-0.25, -0.2) is 0 Å². The first-order chi connectivity index (χ1) is 5.84. The number of aliphatic hydroxyl groups is 1. The second kappa shape index (κ2) is 7.60. The summed E-state index contributed by atoms with van der Waals surface area (Å²) in [4.78, 5) is 0. The lowest BCUT2D eigenvalue weighted by atomic mass is 9.87. The maximum atomic E-state index is 9.57. The highest BCUT2D eigenvalue weighted by Crippen LogP contribution is 2.24. The van der Waals surface area contributed by atoms with Crippen molar-refractivity contribution in [2.75, 3.05) is 6.54 Å². The largest absolute Gasteiger partial charge is 1.00 e. The van der Waals surface area contributed by atoms with E-state index in [0.29, 0.717) is 12.5 Å². The zero-order chi connectivity index (χ0) is 8.81. The van der Waals surface area contributed by atoms with Gasteiger partial charge in [-0.3, -0.25) is 0 Å². The van der Waals surface area contributed by atoms with Crippen LogP contribution in [0.25, 0.3) is 0 Å². The van der Waals surface area contributed by atoms with Crippen LogP contribution in [0.2, 0.25) is 0 Å². The van der Waals surface area contributed by atoms with Crippen LogP contribution in [0.5, 0.6) is 0 Å². The lowest BCUT2D eigenvalue weighted by molar-refractivity contribution is -0.00000478. The van der Waals surface area contributed by atoms with Crippen molar-refractivity contribution < 1.29 is 17.5 Å². The molecule has 0 aromatic rings. The molecule has 3 N–H and O–H groups in total. The molecular weight excluding hydrogens is 186 g/mol. The van der Waals surface area contributed by atoms with Gasteiger partial charge < -0.3 is 23.2 Å². The van der Waals surface area contributed by atoms with Crippen LogP contribution in [0.1, 0.15) is 44.9 Å². The summed E-state index contributed by atoms with van der Waals surface area (Å²) >= 11 is 0. The lowest BCUT2D eigenvalue weighted by Gasteiger charge is -2.23. The van der Waals surface area contributed by atoms with E-state index in [0.717, 1.165) is 0 Å². The minimum absolute atomic E-state index is 0. The number of hydrogen-bond donors (Lipinski definition) is 2. The summed E-state index contributed by atoms with van der Waals surface area (Å²) < 4.78 is 0. The van der Waals surface area contributed by atoms with E-state index in [1.54, 1.807) is 0 Å². The Balaban J connectivity index is 0.00000144. The topological polar surface area (TPSA) is 46.2 Å². The predicted octanol–water partition coefficient (Wildman–Crippen LogP) is -1.33. The number of halogens is 1. The van der Waals surface area contributed by atoms with E-state index in [1.165, 1.54) is 44.9 Å². The smallest absolute Gasteiger partial charge is 0.0690 e. The average molecular weight is 207 g/mol. The summed E-state index contributed by atoms with van der Waals surface area (Å²) in [6.07, 6.45) is 8.73. The lowest BCUT2D eigenvalue weighted by Crippen LogP contribution is -3.00. The van der Waals surface area contributed by atoms with E-state index in [1.807, 2.05) is 0 Å². The molecule has 1 atom stereocenters. The molecule has 1 aliphatic rings. The molecule has 0 saturated heterocycles. The molecule has 1 saturated carbocycles. The fourth-order valence-electron chi connectivity index (χ4n) is 2.06. The van der Waals surface area contributed by atoms with Gasteiger partial charge in [0, 0.05) is 6.54 Å². The third-order valence-corrected chi connectivity index (χ3v) is 2.94. The Kier molecular flexibility index (Phi) is 7.72. The minimum Gasteiger partial charge on any atom is -1.00 e. The van der Waals surface area contributed by atoms with Gasteiger partial charge in [0.2, 0.25) is 0 Å². The van der Waals surface area contributed by atoms with Crippen molar-refractivity contribution in [3.63, 3.8) is 0 Å². The first-order valence-electron chi connectivity index (χ1n) is 5.22. The van der Waals surface area contributed by atoms with Gasteiger partial charge >= 0.3 is 0 Å². The molecule has 0 spiro atoms. The van der Waals surface area contributed by atoms with E-state index in [9.17, 15) is 5.11 Å². The standard InChI is InChI=1S/C10H21NO.ClH/c11-8-10(12)9-6-4-2-1-3-5-7-9;/h9-10,12H,1-8,11H2;1H/p-1. The second-order valence-electron chi connectivity index (χ2n) is 3.91. The molecule has 1 unspecified atom stereocenters. The molecule has 0 aromatic heterocycles. The molecule has 0 amide bonds. The van der Waals surface area contributed by atoms with Gasteiger partial charge in [-0.05, 0) is 18.8 Å². The molecule has 0 aliphatic heterocycles. The molecule has 0 radical (unpaired) electrons. The molecule has 1 fully saturated rings. The monoisotopic (exact) mass is 206 g/mol. The van der Waals surface area contributed by atoms with Crippen LogP contribution in [0.15, 0.2) is 0 Å². The molecule has 0 heterocycles. The normalized spacial score (nSPS) is 22.6. The van der Waals surface area contributed by atoms with E-state index >= 15 is 0 Å². The maximum absolute atomic E-state index is 9.57. The Morgan fingerprint density at radius 3 is 2.00 bits per heavy atom. The summed E-state index contributed by atoms with van der Waals surface area (Å²) in [5.74, 6) is 0.482. The Morgan fingerprint density at radius 2 is 1.54 bits per heavy atom. The van der Waals surface area contributed by atoms with E-state index in [2.05, 4.69) is 0 Å². The van der Waals surface area contributed by atoms with Crippen molar-refractivity contribution in [3.05, 3.63) is 0 Å². The van der Waals surface area contributed by atoms with Crippen molar-refractivity contribution in [2.24, 2.45) is 11.7 Å². The van der Waals surface area contributed by atoms with Crippen LogP contribution in [0, 0.1) is 5.92 Å². The summed E-state index contributed by atoms with van der Waals surface area (Å²) in [6, 6.07) is 0. The number of rotatable bonds is 2. The van der Waals surface area contributed by atoms with Crippen LogP contribution < -0.4 is 18.1 Å². The molecule has 1 aliphatic carbocycles. The number of hydrogen-bond acceptors (Lipinski definition) is 2. The van der Waals surface area contributed by atoms with E-state index in [4.69, 9.17) is 5.73 Å². The molecule has 1 rings (SSSR count). The zero-order valence-electron chi connectivity index (χ0n) is 8.21. The fraction of sp³-hybridized carbons (Fsp3) is 1.00. The Morgan fingerprint density at radius 1 is 1.08 bits per heavy atom. The molecule has 13 heavy (non-hydrogen) atoms. The Labute approximate surface area is 87.3 Å². The molecule has 80 valence electrons. The molecule has 0 aromatic carbocycles. The second-order valence-corrected chi connectivity index (χ2v) is 3.91. The van der Waals surface area contributed by atoms with Gasteiger partial charge in [-0.15, -0.1) is 0 Å². The molecule has 2 nitrogen and oxygen atoms in total. The first-order valence-corrected chi connectivity index (χ1v) is 5.22.